The fourth-order valence-corrected chi connectivity index (χ4v) is 1.04. The standard InChI is InChI=1S/C8H13F3O2.ClH/c1-2-3-4-6(5-7(12)13)8(9,10)11;/h6H,2-5H2,1H3,(H,12,13);1H. The zero-order valence-corrected chi connectivity index (χ0v) is 8.62. The summed E-state index contributed by atoms with van der Waals surface area (Å²) in [7, 11) is 0. The van der Waals surface area contributed by atoms with Crippen molar-refractivity contribution in [3.63, 3.8) is 0 Å². The molecule has 14 heavy (non-hydrogen) atoms. The van der Waals surface area contributed by atoms with E-state index in [1.54, 1.807) is 6.92 Å². The number of rotatable bonds is 5. The molecule has 0 aliphatic heterocycles. The molecule has 86 valence electrons. The molecule has 0 aliphatic rings. The van der Waals surface area contributed by atoms with Crippen LogP contribution in [0.25, 0.3) is 0 Å². The van der Waals surface area contributed by atoms with E-state index in [2.05, 4.69) is 0 Å². The summed E-state index contributed by atoms with van der Waals surface area (Å²) < 4.78 is 36.4. The van der Waals surface area contributed by atoms with E-state index in [0.29, 0.717) is 12.8 Å². The Balaban J connectivity index is 0. The molecule has 0 aliphatic carbocycles. The number of halogens is 4. The van der Waals surface area contributed by atoms with Crippen LogP contribution in [0.5, 0.6) is 0 Å². The molecule has 2 nitrogen and oxygen atoms in total. The van der Waals surface area contributed by atoms with E-state index in [-0.39, 0.29) is 18.8 Å². The fraction of sp³-hybridized carbons (Fsp3) is 0.875. The number of unbranched alkanes of at least 4 members (excludes halogenated alkanes) is 1. The van der Waals surface area contributed by atoms with E-state index in [1.165, 1.54) is 0 Å². The summed E-state index contributed by atoms with van der Waals surface area (Å²) in [5.74, 6) is -3.08. The topological polar surface area (TPSA) is 37.3 Å². The Kier molecular flexibility index (Phi) is 7.91. The van der Waals surface area contributed by atoms with E-state index >= 15 is 0 Å². The predicted molar refractivity (Wildman–Crippen MR) is 48.6 cm³/mol. The van der Waals surface area contributed by atoms with Gasteiger partial charge in [0.2, 0.25) is 0 Å². The zero-order chi connectivity index (χ0) is 10.5. The maximum Gasteiger partial charge on any atom is 0.392 e. The van der Waals surface area contributed by atoms with Crippen LogP contribution in [0.15, 0.2) is 0 Å². The Bertz CT molecular complexity index is 170. The highest BCUT2D eigenvalue weighted by atomic mass is 35.5. The summed E-state index contributed by atoms with van der Waals surface area (Å²) in [6.07, 6.45) is -4.23. The molecule has 0 saturated carbocycles. The minimum atomic E-state index is -4.38. The first-order chi connectivity index (χ1) is 5.88. The molecular weight excluding hydrogens is 221 g/mol. The van der Waals surface area contributed by atoms with Gasteiger partial charge in [0.15, 0.2) is 0 Å². The van der Waals surface area contributed by atoms with Crippen LogP contribution in [0, 0.1) is 5.92 Å². The second-order valence-electron chi connectivity index (χ2n) is 2.98. The van der Waals surface area contributed by atoms with E-state index in [9.17, 15) is 18.0 Å². The lowest BCUT2D eigenvalue weighted by molar-refractivity contribution is -0.184. The molecule has 0 radical (unpaired) electrons. The zero-order valence-electron chi connectivity index (χ0n) is 7.80. The van der Waals surface area contributed by atoms with Crippen LogP contribution >= 0.6 is 12.4 Å². The predicted octanol–water partition coefficient (Wildman–Crippen LogP) is 3.25. The van der Waals surface area contributed by atoms with Crippen molar-refractivity contribution in [3.05, 3.63) is 0 Å². The van der Waals surface area contributed by atoms with E-state index in [1.807, 2.05) is 0 Å². The Morgan fingerprint density at radius 1 is 1.43 bits per heavy atom. The third-order valence-corrected chi connectivity index (χ3v) is 1.79. The molecule has 1 unspecified atom stereocenters. The van der Waals surface area contributed by atoms with E-state index < -0.39 is 24.5 Å². The minimum Gasteiger partial charge on any atom is -0.481 e. The van der Waals surface area contributed by atoms with Crippen LogP contribution in [0.1, 0.15) is 32.6 Å². The van der Waals surface area contributed by atoms with Gasteiger partial charge < -0.3 is 5.11 Å². The molecule has 0 aromatic heterocycles. The molecule has 0 saturated heterocycles. The van der Waals surface area contributed by atoms with Gasteiger partial charge in [-0.15, -0.1) is 12.4 Å². The Morgan fingerprint density at radius 2 is 1.93 bits per heavy atom. The lowest BCUT2D eigenvalue weighted by Crippen LogP contribution is -2.25. The molecule has 0 aromatic rings. The van der Waals surface area contributed by atoms with Gasteiger partial charge in [0.25, 0.3) is 0 Å². The highest BCUT2D eigenvalue weighted by molar-refractivity contribution is 5.85. The molecule has 0 rings (SSSR count). The lowest BCUT2D eigenvalue weighted by atomic mass is 9.98. The molecule has 6 heteroatoms. The molecule has 0 aromatic carbocycles. The maximum absolute atomic E-state index is 12.1. The molecule has 0 spiro atoms. The SMILES string of the molecule is CCCCC(CC(=O)O)C(F)(F)F.Cl. The summed E-state index contributed by atoms with van der Waals surface area (Å²) in [5.41, 5.74) is 0. The molecule has 0 heterocycles. The Labute approximate surface area is 86.9 Å². The van der Waals surface area contributed by atoms with Gasteiger partial charge in [-0.3, -0.25) is 4.79 Å². The van der Waals surface area contributed by atoms with Crippen LogP contribution in [0.4, 0.5) is 13.2 Å². The van der Waals surface area contributed by atoms with Crippen molar-refractivity contribution in [2.45, 2.75) is 38.8 Å². The van der Waals surface area contributed by atoms with Crippen molar-refractivity contribution in [2.24, 2.45) is 5.92 Å². The number of aliphatic carboxylic acids is 1. The normalized spacial score (nSPS) is 13.1. The largest absolute Gasteiger partial charge is 0.481 e. The lowest BCUT2D eigenvalue weighted by Gasteiger charge is -2.17. The van der Waals surface area contributed by atoms with Gasteiger partial charge in [-0.25, -0.2) is 0 Å². The summed E-state index contributed by atoms with van der Waals surface area (Å²) in [4.78, 5) is 10.1. The first-order valence-corrected chi connectivity index (χ1v) is 4.16. The van der Waals surface area contributed by atoms with Crippen molar-refractivity contribution >= 4 is 18.4 Å². The third kappa shape index (κ3) is 7.00. The first-order valence-electron chi connectivity index (χ1n) is 4.16. The number of hydrogen-bond donors (Lipinski definition) is 1. The van der Waals surface area contributed by atoms with E-state index in [0.717, 1.165) is 0 Å². The van der Waals surface area contributed by atoms with Gasteiger partial charge in [-0.1, -0.05) is 19.8 Å². The summed E-state index contributed by atoms with van der Waals surface area (Å²) in [6.45, 7) is 1.77. The van der Waals surface area contributed by atoms with Gasteiger partial charge >= 0.3 is 12.1 Å². The smallest absolute Gasteiger partial charge is 0.392 e. The Hall–Kier alpha value is -0.450. The van der Waals surface area contributed by atoms with Crippen molar-refractivity contribution in [2.75, 3.05) is 0 Å². The summed E-state index contributed by atoms with van der Waals surface area (Å²) in [5, 5.41) is 8.25. The third-order valence-electron chi connectivity index (χ3n) is 1.79. The van der Waals surface area contributed by atoms with E-state index in [4.69, 9.17) is 5.11 Å². The molecule has 1 N–H and O–H groups in total. The monoisotopic (exact) mass is 234 g/mol. The maximum atomic E-state index is 12.1. The molecule has 1 atom stereocenters. The molecule has 0 amide bonds. The van der Waals surface area contributed by atoms with Crippen LogP contribution in [-0.2, 0) is 4.79 Å². The van der Waals surface area contributed by atoms with Crippen LogP contribution in [0.2, 0.25) is 0 Å². The van der Waals surface area contributed by atoms with Crippen molar-refractivity contribution in [1.29, 1.82) is 0 Å². The minimum absolute atomic E-state index is 0. The number of hydrogen-bond acceptors (Lipinski definition) is 1. The van der Waals surface area contributed by atoms with Crippen molar-refractivity contribution in [1.82, 2.24) is 0 Å². The van der Waals surface area contributed by atoms with Crippen molar-refractivity contribution in [3.8, 4) is 0 Å². The number of carboxylic acids is 1. The number of alkyl halides is 3. The van der Waals surface area contributed by atoms with Gasteiger partial charge in [-0.05, 0) is 6.42 Å². The van der Waals surface area contributed by atoms with Crippen LogP contribution in [0.3, 0.4) is 0 Å². The fourth-order valence-electron chi connectivity index (χ4n) is 1.04. The van der Waals surface area contributed by atoms with Crippen LogP contribution in [-0.4, -0.2) is 17.3 Å². The highest BCUT2D eigenvalue weighted by Gasteiger charge is 2.39. The Morgan fingerprint density at radius 3 is 2.21 bits per heavy atom. The van der Waals surface area contributed by atoms with Crippen molar-refractivity contribution < 1.29 is 23.1 Å². The highest BCUT2D eigenvalue weighted by Crippen LogP contribution is 2.32. The van der Waals surface area contributed by atoms with Gasteiger partial charge in [0.1, 0.15) is 0 Å². The van der Waals surface area contributed by atoms with Gasteiger partial charge in [0, 0.05) is 0 Å². The molecule has 0 bridgehead atoms. The quantitative estimate of drug-likeness (QED) is 0.793. The number of carbonyl (C=O) groups is 1. The van der Waals surface area contributed by atoms with Gasteiger partial charge in [0.05, 0.1) is 12.3 Å². The summed E-state index contributed by atoms with van der Waals surface area (Å²) in [6, 6.07) is 0. The average Bonchev–Trinajstić information content (AvgIpc) is 1.95. The average molecular weight is 235 g/mol. The second-order valence-corrected chi connectivity index (χ2v) is 2.98. The first kappa shape index (κ1) is 16.0. The van der Waals surface area contributed by atoms with Gasteiger partial charge in [-0.2, -0.15) is 13.2 Å². The number of carboxylic acid groups (broad SMARTS) is 1. The molecular formula is C8H14ClF3O2. The summed E-state index contributed by atoms with van der Waals surface area (Å²) >= 11 is 0. The second kappa shape index (κ2) is 6.92. The molecule has 0 fully saturated rings. The van der Waals surface area contributed by atoms with Crippen LogP contribution < -0.4 is 0 Å².